The van der Waals surface area contributed by atoms with Crippen LogP contribution in [0.1, 0.15) is 10.4 Å². The van der Waals surface area contributed by atoms with Crippen LogP contribution in [-0.4, -0.2) is 25.1 Å². The fourth-order valence-electron chi connectivity index (χ4n) is 3.06. The smallest absolute Gasteiger partial charge is 0.266 e. The monoisotopic (exact) mass is 439 g/mol. The largest absolute Gasteiger partial charge is 0.493 e. The van der Waals surface area contributed by atoms with Gasteiger partial charge in [0.05, 0.1) is 40.7 Å². The van der Waals surface area contributed by atoms with E-state index in [1.807, 2.05) is 12.1 Å². The van der Waals surface area contributed by atoms with Gasteiger partial charge in [-0.15, -0.1) is 0 Å². The Kier molecular flexibility index (Phi) is 5.48. The zero-order chi connectivity index (χ0) is 21.3. The van der Waals surface area contributed by atoms with E-state index >= 15 is 0 Å². The molecule has 8 heteroatoms. The number of anilines is 3. The van der Waals surface area contributed by atoms with E-state index in [2.05, 4.69) is 4.98 Å². The van der Waals surface area contributed by atoms with Gasteiger partial charge in [0.15, 0.2) is 16.6 Å². The molecule has 3 aromatic carbocycles. The summed E-state index contributed by atoms with van der Waals surface area (Å²) < 4.78 is 11.6. The first-order valence-electron chi connectivity index (χ1n) is 8.99. The van der Waals surface area contributed by atoms with Gasteiger partial charge in [-0.05, 0) is 42.5 Å². The van der Waals surface area contributed by atoms with E-state index in [9.17, 15) is 4.79 Å². The number of ether oxygens (including phenoxy) is 2. The molecule has 0 saturated heterocycles. The predicted molar refractivity (Wildman–Crippen MR) is 121 cm³/mol. The summed E-state index contributed by atoms with van der Waals surface area (Å²) in [6.07, 6.45) is 0. The third-order valence-corrected chi connectivity index (χ3v) is 5.86. The Balaban J connectivity index is 1.90. The molecule has 0 aliphatic rings. The van der Waals surface area contributed by atoms with E-state index in [0.717, 1.165) is 10.2 Å². The van der Waals surface area contributed by atoms with Crippen molar-refractivity contribution in [3.8, 4) is 11.5 Å². The number of rotatable bonds is 5. The van der Waals surface area contributed by atoms with Crippen molar-refractivity contribution in [1.29, 1.82) is 0 Å². The van der Waals surface area contributed by atoms with Crippen LogP contribution in [-0.2, 0) is 0 Å². The molecule has 0 aliphatic carbocycles. The number of carbonyl (C=O) groups excluding carboxylic acids is 1. The van der Waals surface area contributed by atoms with Crippen LogP contribution in [0.3, 0.4) is 0 Å². The van der Waals surface area contributed by atoms with Crippen molar-refractivity contribution in [2.45, 2.75) is 0 Å². The number of halogens is 1. The number of benzene rings is 3. The molecule has 6 nitrogen and oxygen atoms in total. The molecule has 30 heavy (non-hydrogen) atoms. The Morgan fingerprint density at radius 1 is 1.03 bits per heavy atom. The van der Waals surface area contributed by atoms with E-state index in [1.165, 1.54) is 16.2 Å². The molecule has 152 valence electrons. The molecule has 1 amide bonds. The molecule has 0 spiro atoms. The standard InChI is InChI=1S/C22H18ClN3O3S/c1-28-18-10-8-14(12-19(18)29-2)26(21(27)15-5-3-4-6-16(15)23)22-25-17-9-7-13(24)11-20(17)30-22/h3-12H,24H2,1-2H3. The predicted octanol–water partition coefficient (Wildman–Crippen LogP) is 5.53. The summed E-state index contributed by atoms with van der Waals surface area (Å²) in [5.41, 5.74) is 8.24. The van der Waals surface area contributed by atoms with Crippen LogP contribution < -0.4 is 20.1 Å². The lowest BCUT2D eigenvalue weighted by Crippen LogP contribution is -2.26. The molecule has 0 atom stereocenters. The topological polar surface area (TPSA) is 77.7 Å². The van der Waals surface area contributed by atoms with E-state index in [4.69, 9.17) is 26.8 Å². The van der Waals surface area contributed by atoms with Gasteiger partial charge in [-0.3, -0.25) is 9.69 Å². The summed E-state index contributed by atoms with van der Waals surface area (Å²) in [7, 11) is 3.10. The van der Waals surface area contributed by atoms with Crippen molar-refractivity contribution in [1.82, 2.24) is 4.98 Å². The first kappa shape index (κ1) is 20.0. The van der Waals surface area contributed by atoms with Gasteiger partial charge < -0.3 is 15.2 Å². The second-order valence-electron chi connectivity index (χ2n) is 6.38. The zero-order valence-electron chi connectivity index (χ0n) is 16.3. The second kappa shape index (κ2) is 8.22. The number of methoxy groups -OCH3 is 2. The molecule has 0 radical (unpaired) electrons. The summed E-state index contributed by atoms with van der Waals surface area (Å²) in [4.78, 5) is 19.8. The van der Waals surface area contributed by atoms with Gasteiger partial charge in [0, 0.05) is 11.8 Å². The van der Waals surface area contributed by atoms with Crippen molar-refractivity contribution < 1.29 is 14.3 Å². The molecule has 1 heterocycles. The molecule has 4 aromatic rings. The molecule has 4 rings (SSSR count). The Labute approximate surface area is 182 Å². The summed E-state index contributed by atoms with van der Waals surface area (Å²) in [5, 5.41) is 0.853. The maximum absolute atomic E-state index is 13.6. The van der Waals surface area contributed by atoms with Gasteiger partial charge in [0.2, 0.25) is 0 Å². The van der Waals surface area contributed by atoms with Gasteiger partial charge in [-0.25, -0.2) is 4.98 Å². The van der Waals surface area contributed by atoms with Crippen molar-refractivity contribution in [3.05, 3.63) is 71.2 Å². The number of nitrogens with two attached hydrogens (primary N) is 1. The highest BCUT2D eigenvalue weighted by Gasteiger charge is 2.26. The number of nitrogens with zero attached hydrogens (tertiary/aromatic N) is 2. The molecular formula is C22H18ClN3O3S. The fourth-order valence-corrected chi connectivity index (χ4v) is 4.31. The molecule has 0 bridgehead atoms. The summed E-state index contributed by atoms with van der Waals surface area (Å²) in [6, 6.07) is 17.6. The highest BCUT2D eigenvalue weighted by atomic mass is 35.5. The van der Waals surface area contributed by atoms with Gasteiger partial charge in [-0.2, -0.15) is 0 Å². The van der Waals surface area contributed by atoms with Crippen molar-refractivity contribution >= 4 is 55.6 Å². The van der Waals surface area contributed by atoms with Gasteiger partial charge in [0.1, 0.15) is 0 Å². The molecule has 0 unspecified atom stereocenters. The number of hydrogen-bond donors (Lipinski definition) is 1. The van der Waals surface area contributed by atoms with Crippen LogP contribution in [0.25, 0.3) is 10.2 Å². The van der Waals surface area contributed by atoms with Crippen molar-refractivity contribution in [2.24, 2.45) is 0 Å². The zero-order valence-corrected chi connectivity index (χ0v) is 17.8. The Morgan fingerprint density at radius 2 is 1.80 bits per heavy atom. The SMILES string of the molecule is COc1ccc(N(C(=O)c2ccccc2Cl)c2nc3ccc(N)cc3s2)cc1OC. The molecular weight excluding hydrogens is 422 g/mol. The van der Waals surface area contributed by atoms with Crippen LogP contribution in [0.15, 0.2) is 60.7 Å². The number of carbonyl (C=O) groups is 1. The third kappa shape index (κ3) is 3.65. The van der Waals surface area contributed by atoms with Crippen LogP contribution in [0.5, 0.6) is 11.5 Å². The van der Waals surface area contributed by atoms with E-state index in [1.54, 1.807) is 62.8 Å². The first-order valence-corrected chi connectivity index (χ1v) is 10.2. The van der Waals surface area contributed by atoms with Gasteiger partial charge in [0.25, 0.3) is 5.91 Å². The highest BCUT2D eigenvalue weighted by Crippen LogP contribution is 2.39. The lowest BCUT2D eigenvalue weighted by Gasteiger charge is -2.22. The maximum Gasteiger partial charge on any atom is 0.266 e. The van der Waals surface area contributed by atoms with Crippen LogP contribution in [0.2, 0.25) is 5.02 Å². The summed E-state index contributed by atoms with van der Waals surface area (Å²) in [5.74, 6) is 0.751. The highest BCUT2D eigenvalue weighted by molar-refractivity contribution is 7.22. The molecule has 0 saturated carbocycles. The summed E-state index contributed by atoms with van der Waals surface area (Å²) >= 11 is 7.68. The van der Waals surface area contributed by atoms with E-state index in [0.29, 0.717) is 38.6 Å². The number of nitrogen functional groups attached to an aromatic ring is 1. The third-order valence-electron chi connectivity index (χ3n) is 4.53. The fraction of sp³-hybridized carbons (Fsp3) is 0.0909. The minimum absolute atomic E-state index is 0.306. The molecule has 0 aliphatic heterocycles. The Bertz CT molecular complexity index is 1240. The lowest BCUT2D eigenvalue weighted by atomic mass is 10.1. The van der Waals surface area contributed by atoms with Crippen molar-refractivity contribution in [2.75, 3.05) is 24.9 Å². The lowest BCUT2D eigenvalue weighted by molar-refractivity contribution is 0.0999. The number of thiazole rings is 1. The first-order chi connectivity index (χ1) is 14.5. The van der Waals surface area contributed by atoms with Gasteiger partial charge in [-0.1, -0.05) is 35.1 Å². The quantitative estimate of drug-likeness (QED) is 0.414. The maximum atomic E-state index is 13.6. The second-order valence-corrected chi connectivity index (χ2v) is 7.80. The van der Waals surface area contributed by atoms with E-state index < -0.39 is 0 Å². The minimum Gasteiger partial charge on any atom is -0.493 e. The molecule has 0 fully saturated rings. The molecule has 2 N–H and O–H groups in total. The number of fused-ring (bicyclic) bond motifs is 1. The Morgan fingerprint density at radius 3 is 2.53 bits per heavy atom. The Hall–Kier alpha value is -3.29. The van der Waals surface area contributed by atoms with E-state index in [-0.39, 0.29) is 5.91 Å². The summed E-state index contributed by atoms with van der Waals surface area (Å²) in [6.45, 7) is 0. The average Bonchev–Trinajstić information content (AvgIpc) is 3.16. The van der Waals surface area contributed by atoms with Crippen LogP contribution >= 0.6 is 22.9 Å². The van der Waals surface area contributed by atoms with Crippen LogP contribution in [0, 0.1) is 0 Å². The van der Waals surface area contributed by atoms with Crippen molar-refractivity contribution in [3.63, 3.8) is 0 Å². The minimum atomic E-state index is -0.306. The van der Waals surface area contributed by atoms with Gasteiger partial charge >= 0.3 is 0 Å². The number of amides is 1. The average molecular weight is 440 g/mol. The number of aromatic nitrogens is 1. The normalized spacial score (nSPS) is 10.8. The van der Waals surface area contributed by atoms with Crippen LogP contribution in [0.4, 0.5) is 16.5 Å². The molecule has 1 aromatic heterocycles. The number of hydrogen-bond acceptors (Lipinski definition) is 6.